The number of fused-ring (bicyclic) bond motifs is 3. The Morgan fingerprint density at radius 3 is 1.87 bits per heavy atom. The highest BCUT2D eigenvalue weighted by molar-refractivity contribution is 5.66. The summed E-state index contributed by atoms with van der Waals surface area (Å²) in [5, 5.41) is 0. The molecule has 4 aromatic carbocycles. The molecule has 3 aliphatic heterocycles. The molecule has 3 aliphatic rings. The molecule has 4 nitrogen and oxygen atoms in total. The number of hydrogen-bond acceptors (Lipinski definition) is 4. The number of ether oxygens (including phenoxy) is 4. The maximum absolute atomic E-state index is 15.0. The summed E-state index contributed by atoms with van der Waals surface area (Å²) in [7, 11) is 0. The van der Waals surface area contributed by atoms with E-state index in [1.165, 1.54) is 6.07 Å². The number of unbranched alkanes of at least 4 members (excludes halogenated alkanes) is 2. The first-order valence-electron chi connectivity index (χ1n) is 14.8. The van der Waals surface area contributed by atoms with Crippen molar-refractivity contribution < 1.29 is 49.7 Å². The van der Waals surface area contributed by atoms with E-state index in [0.29, 0.717) is 54.7 Å². The normalized spacial score (nSPS) is 21.0. The average Bonchev–Trinajstić information content (AvgIpc) is 3.04. The molecule has 7 rings (SSSR count). The van der Waals surface area contributed by atoms with Crippen LogP contribution in [-0.2, 0) is 26.3 Å². The average molecular weight is 647 g/mol. The van der Waals surface area contributed by atoms with Crippen molar-refractivity contribution >= 4 is 0 Å². The van der Waals surface area contributed by atoms with E-state index in [2.05, 4.69) is 11.7 Å². The van der Waals surface area contributed by atoms with E-state index in [0.717, 1.165) is 49.9 Å². The summed E-state index contributed by atoms with van der Waals surface area (Å²) in [6.45, 7) is 3.66. The predicted octanol–water partition coefficient (Wildman–Crippen LogP) is 9.60. The second-order valence-corrected chi connectivity index (χ2v) is 11.7. The van der Waals surface area contributed by atoms with Crippen molar-refractivity contribution in [2.45, 2.75) is 44.7 Å². The molecule has 2 bridgehead atoms. The van der Waals surface area contributed by atoms with Crippen molar-refractivity contribution in [3.63, 3.8) is 0 Å². The van der Waals surface area contributed by atoms with Crippen LogP contribution in [0.5, 0.6) is 5.75 Å². The first kappa shape index (κ1) is 32.0. The van der Waals surface area contributed by atoms with Crippen LogP contribution in [0.1, 0.15) is 43.7 Å². The van der Waals surface area contributed by atoms with Gasteiger partial charge in [-0.05, 0) is 59.5 Å². The highest BCUT2D eigenvalue weighted by Crippen LogP contribution is 2.47. The lowest BCUT2D eigenvalue weighted by Crippen LogP contribution is -2.58. The Labute approximate surface area is 260 Å². The van der Waals surface area contributed by atoms with Crippen LogP contribution in [0.15, 0.2) is 72.8 Å². The lowest BCUT2D eigenvalue weighted by atomic mass is 9.82. The van der Waals surface area contributed by atoms with E-state index >= 15 is 13.2 Å². The molecule has 0 aliphatic carbocycles. The smallest absolute Gasteiger partial charge is 0.429 e. The number of rotatable bonds is 10. The van der Waals surface area contributed by atoms with Crippen LogP contribution >= 0.6 is 0 Å². The van der Waals surface area contributed by atoms with Gasteiger partial charge in [0.05, 0.1) is 25.4 Å². The van der Waals surface area contributed by atoms with Gasteiger partial charge in [0.1, 0.15) is 17.4 Å². The molecule has 3 fully saturated rings. The van der Waals surface area contributed by atoms with Gasteiger partial charge in [-0.3, -0.25) is 0 Å². The van der Waals surface area contributed by atoms with Crippen LogP contribution in [-0.4, -0.2) is 19.8 Å². The number of alkyl halides is 2. The summed E-state index contributed by atoms with van der Waals surface area (Å²) >= 11 is 0. The fraction of sp³-hybridized carbons (Fsp3) is 0.314. The van der Waals surface area contributed by atoms with Gasteiger partial charge >= 0.3 is 12.1 Å². The molecule has 0 radical (unpaired) electrons. The Morgan fingerprint density at radius 2 is 1.28 bits per heavy atom. The Hall–Kier alpha value is -3.93. The minimum atomic E-state index is -4.21. The second-order valence-electron chi connectivity index (χ2n) is 11.7. The third-order valence-corrected chi connectivity index (χ3v) is 8.35. The molecule has 242 valence electrons. The van der Waals surface area contributed by atoms with E-state index in [1.54, 1.807) is 24.3 Å². The number of benzene rings is 4. The van der Waals surface area contributed by atoms with Crippen molar-refractivity contribution in [3.05, 3.63) is 113 Å². The maximum Gasteiger partial charge on any atom is 0.429 e. The first-order valence-corrected chi connectivity index (χ1v) is 14.8. The van der Waals surface area contributed by atoms with Gasteiger partial charge in [0.2, 0.25) is 0 Å². The van der Waals surface area contributed by atoms with Gasteiger partial charge in [-0.15, -0.1) is 0 Å². The Kier molecular flexibility index (Phi) is 8.60. The van der Waals surface area contributed by atoms with Gasteiger partial charge in [-0.1, -0.05) is 56.5 Å². The number of halogens is 7. The zero-order valence-corrected chi connectivity index (χ0v) is 24.7. The Morgan fingerprint density at radius 1 is 0.674 bits per heavy atom. The first-order chi connectivity index (χ1) is 21.9. The lowest BCUT2D eigenvalue weighted by Gasteiger charge is -2.52. The minimum absolute atomic E-state index is 0.162. The van der Waals surface area contributed by atoms with Crippen LogP contribution in [0.2, 0.25) is 0 Å². The van der Waals surface area contributed by atoms with Crippen LogP contribution in [0.4, 0.5) is 30.7 Å². The lowest BCUT2D eigenvalue weighted by molar-refractivity contribution is -0.480. The van der Waals surface area contributed by atoms with Crippen molar-refractivity contribution in [2.24, 2.45) is 5.41 Å². The summed E-state index contributed by atoms with van der Waals surface area (Å²) in [6, 6.07) is 13.4. The highest BCUT2D eigenvalue weighted by Gasteiger charge is 2.53. The van der Waals surface area contributed by atoms with Gasteiger partial charge in [-0.2, -0.15) is 8.78 Å². The van der Waals surface area contributed by atoms with E-state index in [4.69, 9.17) is 14.2 Å². The molecule has 46 heavy (non-hydrogen) atoms. The largest absolute Gasteiger partial charge is 0.429 e. The zero-order chi connectivity index (χ0) is 32.7. The fourth-order valence-corrected chi connectivity index (χ4v) is 5.72. The van der Waals surface area contributed by atoms with Gasteiger partial charge < -0.3 is 18.9 Å². The van der Waals surface area contributed by atoms with Gasteiger partial charge in [-0.25, -0.2) is 22.0 Å². The molecule has 0 saturated carbocycles. The van der Waals surface area contributed by atoms with Crippen molar-refractivity contribution in [1.82, 2.24) is 0 Å². The van der Waals surface area contributed by atoms with Crippen LogP contribution in [0.25, 0.3) is 22.3 Å². The third-order valence-electron chi connectivity index (χ3n) is 8.35. The molecule has 11 heteroatoms. The molecule has 0 atom stereocenters. The highest BCUT2D eigenvalue weighted by atomic mass is 19.3. The van der Waals surface area contributed by atoms with Crippen molar-refractivity contribution in [2.75, 3.05) is 19.8 Å². The molecule has 0 spiro atoms. The predicted molar refractivity (Wildman–Crippen MR) is 154 cm³/mol. The summed E-state index contributed by atoms with van der Waals surface area (Å²) in [6.07, 6.45) is 0.0473. The second kappa shape index (κ2) is 12.4. The molecular weight excluding hydrogens is 617 g/mol. The molecule has 0 aromatic heterocycles. The monoisotopic (exact) mass is 646 g/mol. The van der Waals surface area contributed by atoms with Crippen LogP contribution in [0.3, 0.4) is 0 Å². The fourth-order valence-electron chi connectivity index (χ4n) is 5.72. The van der Waals surface area contributed by atoms with Crippen molar-refractivity contribution in [3.8, 4) is 28.0 Å². The van der Waals surface area contributed by atoms with E-state index in [1.807, 2.05) is 0 Å². The summed E-state index contributed by atoms with van der Waals surface area (Å²) in [5.74, 6) is -9.28. The molecule has 3 saturated heterocycles. The van der Waals surface area contributed by atoms with Crippen LogP contribution in [0, 0.1) is 34.5 Å². The maximum atomic E-state index is 15.0. The Balaban J connectivity index is 1.14. The van der Waals surface area contributed by atoms with Gasteiger partial charge in [0, 0.05) is 22.6 Å². The number of hydrogen-bond donors (Lipinski definition) is 0. The molecule has 4 aromatic rings. The molecule has 3 heterocycles. The Bertz CT molecular complexity index is 1690. The topological polar surface area (TPSA) is 36.9 Å². The summed E-state index contributed by atoms with van der Waals surface area (Å²) in [4.78, 5) is 0. The van der Waals surface area contributed by atoms with E-state index < -0.39 is 52.5 Å². The molecular formula is C35H29F7O4. The molecule has 0 unspecified atom stereocenters. The van der Waals surface area contributed by atoms with E-state index in [-0.39, 0.29) is 16.5 Å². The van der Waals surface area contributed by atoms with Crippen molar-refractivity contribution in [1.29, 1.82) is 0 Å². The zero-order valence-electron chi connectivity index (χ0n) is 24.7. The van der Waals surface area contributed by atoms with Crippen LogP contribution < -0.4 is 4.74 Å². The van der Waals surface area contributed by atoms with Gasteiger partial charge in [0.15, 0.2) is 17.5 Å². The SMILES string of the molecule is CCCCCC12COC(c3ccc(-c4ccc(C(F)(F)Oc5ccc(-c6cc(F)c(F)c(F)c6)c(F)c5)c(F)c4)cc3)(OC1)OC2. The summed E-state index contributed by atoms with van der Waals surface area (Å²) < 4.78 is 123. The van der Waals surface area contributed by atoms with Gasteiger partial charge in [0.25, 0.3) is 0 Å². The van der Waals surface area contributed by atoms with E-state index in [9.17, 15) is 17.6 Å². The third kappa shape index (κ3) is 6.11. The molecule has 0 N–H and O–H groups in total. The quantitative estimate of drug-likeness (QED) is 0.0977. The summed E-state index contributed by atoms with van der Waals surface area (Å²) in [5.41, 5.74) is -0.551. The standard InChI is InChI=1S/C35H29F7O4/c1-2-3-4-13-33-18-43-35(44-19-33,45-20-33)24-8-5-21(6-9-24)22-7-12-27(29(37)14-22)34(41,42)46-25-10-11-26(28(36)17-25)23-15-30(38)32(40)31(39)16-23/h5-12,14-17H,2-4,13,18-20H2,1H3. The minimum Gasteiger partial charge on any atom is -0.429 e. The molecule has 0 amide bonds.